The number of benzene rings is 1. The topological polar surface area (TPSA) is 34.1 Å². The standard InChI is InChI=1S/C14H18O2/c1-11(2)8-9-13(15)10-14(16)12-6-4-3-5-7-12/h3-7,11H,8-10H2,1-2H3. The maximum atomic E-state index is 11.7. The van der Waals surface area contributed by atoms with Crippen LogP contribution in [0.2, 0.25) is 0 Å². The van der Waals surface area contributed by atoms with Crippen LogP contribution in [0.5, 0.6) is 0 Å². The van der Waals surface area contributed by atoms with Crippen molar-refractivity contribution >= 4 is 11.6 Å². The van der Waals surface area contributed by atoms with Crippen LogP contribution in [-0.4, -0.2) is 11.6 Å². The Morgan fingerprint density at radius 3 is 2.31 bits per heavy atom. The summed E-state index contributed by atoms with van der Waals surface area (Å²) in [5, 5.41) is 0. The van der Waals surface area contributed by atoms with E-state index in [1.165, 1.54) is 0 Å². The molecule has 0 unspecified atom stereocenters. The highest BCUT2D eigenvalue weighted by atomic mass is 16.1. The molecule has 0 aliphatic rings. The molecule has 0 fully saturated rings. The number of carbonyl (C=O) groups excluding carboxylic acids is 2. The van der Waals surface area contributed by atoms with Gasteiger partial charge in [0.15, 0.2) is 5.78 Å². The lowest BCUT2D eigenvalue weighted by Crippen LogP contribution is -2.08. The van der Waals surface area contributed by atoms with Crippen molar-refractivity contribution in [2.45, 2.75) is 33.1 Å². The first-order valence-electron chi connectivity index (χ1n) is 5.69. The molecule has 0 atom stereocenters. The summed E-state index contributed by atoms with van der Waals surface area (Å²) in [6.45, 7) is 4.15. The third-order valence-electron chi connectivity index (χ3n) is 2.45. The van der Waals surface area contributed by atoms with Gasteiger partial charge in [0.2, 0.25) is 0 Å². The highest BCUT2D eigenvalue weighted by Crippen LogP contribution is 2.08. The van der Waals surface area contributed by atoms with E-state index < -0.39 is 0 Å². The minimum atomic E-state index is -0.0747. The molecule has 0 saturated carbocycles. The van der Waals surface area contributed by atoms with Crippen molar-refractivity contribution in [2.24, 2.45) is 5.92 Å². The first-order valence-corrected chi connectivity index (χ1v) is 5.69. The van der Waals surface area contributed by atoms with Gasteiger partial charge in [-0.2, -0.15) is 0 Å². The minimum absolute atomic E-state index is 0.0384. The van der Waals surface area contributed by atoms with Gasteiger partial charge in [-0.25, -0.2) is 0 Å². The molecule has 0 spiro atoms. The Hall–Kier alpha value is -1.44. The molecule has 0 saturated heterocycles. The van der Waals surface area contributed by atoms with Crippen LogP contribution < -0.4 is 0 Å². The van der Waals surface area contributed by atoms with Gasteiger partial charge in [-0.1, -0.05) is 44.2 Å². The Labute approximate surface area is 96.7 Å². The van der Waals surface area contributed by atoms with E-state index in [4.69, 9.17) is 0 Å². The van der Waals surface area contributed by atoms with Crippen molar-refractivity contribution in [3.63, 3.8) is 0 Å². The molecule has 0 radical (unpaired) electrons. The highest BCUT2D eigenvalue weighted by molar-refractivity contribution is 6.07. The molecule has 1 aromatic rings. The molecule has 0 aromatic heterocycles. The van der Waals surface area contributed by atoms with Crippen molar-refractivity contribution in [1.82, 2.24) is 0 Å². The van der Waals surface area contributed by atoms with Crippen LogP contribution in [0.1, 0.15) is 43.5 Å². The predicted octanol–water partition coefficient (Wildman–Crippen LogP) is 3.26. The maximum absolute atomic E-state index is 11.7. The van der Waals surface area contributed by atoms with Crippen LogP contribution in [-0.2, 0) is 4.79 Å². The predicted molar refractivity (Wildman–Crippen MR) is 64.5 cm³/mol. The Balaban J connectivity index is 2.43. The Bertz CT molecular complexity index is 352. The van der Waals surface area contributed by atoms with E-state index >= 15 is 0 Å². The molecule has 0 heterocycles. The number of hydrogen-bond donors (Lipinski definition) is 0. The second-order valence-corrected chi connectivity index (χ2v) is 4.44. The second-order valence-electron chi connectivity index (χ2n) is 4.44. The monoisotopic (exact) mass is 218 g/mol. The van der Waals surface area contributed by atoms with Gasteiger partial charge in [-0.15, -0.1) is 0 Å². The number of ketones is 2. The zero-order valence-electron chi connectivity index (χ0n) is 9.90. The van der Waals surface area contributed by atoms with E-state index in [0.717, 1.165) is 6.42 Å². The van der Waals surface area contributed by atoms with Crippen molar-refractivity contribution in [1.29, 1.82) is 0 Å². The van der Waals surface area contributed by atoms with Crippen molar-refractivity contribution in [3.05, 3.63) is 35.9 Å². The fourth-order valence-corrected chi connectivity index (χ4v) is 1.44. The average molecular weight is 218 g/mol. The lowest BCUT2D eigenvalue weighted by atomic mass is 10.0. The highest BCUT2D eigenvalue weighted by Gasteiger charge is 2.11. The summed E-state index contributed by atoms with van der Waals surface area (Å²) in [5.41, 5.74) is 0.625. The van der Waals surface area contributed by atoms with E-state index in [9.17, 15) is 9.59 Å². The van der Waals surface area contributed by atoms with Crippen LogP contribution in [0.25, 0.3) is 0 Å². The molecule has 0 aliphatic carbocycles. The van der Waals surface area contributed by atoms with Crippen LogP contribution >= 0.6 is 0 Å². The molecule has 0 bridgehead atoms. The number of hydrogen-bond acceptors (Lipinski definition) is 2. The summed E-state index contributed by atoms with van der Waals surface area (Å²) >= 11 is 0. The summed E-state index contributed by atoms with van der Waals surface area (Å²) in [7, 11) is 0. The summed E-state index contributed by atoms with van der Waals surface area (Å²) in [6.07, 6.45) is 1.41. The van der Waals surface area contributed by atoms with E-state index in [1.807, 2.05) is 18.2 Å². The largest absolute Gasteiger partial charge is 0.299 e. The Morgan fingerprint density at radius 1 is 1.12 bits per heavy atom. The molecule has 2 nitrogen and oxygen atoms in total. The van der Waals surface area contributed by atoms with E-state index in [2.05, 4.69) is 13.8 Å². The minimum Gasteiger partial charge on any atom is -0.299 e. The van der Waals surface area contributed by atoms with Crippen LogP contribution in [0.15, 0.2) is 30.3 Å². The van der Waals surface area contributed by atoms with E-state index in [1.54, 1.807) is 12.1 Å². The first-order chi connectivity index (χ1) is 7.59. The normalized spacial score (nSPS) is 10.4. The maximum Gasteiger partial charge on any atom is 0.170 e. The molecule has 0 N–H and O–H groups in total. The van der Waals surface area contributed by atoms with Gasteiger partial charge >= 0.3 is 0 Å². The number of Topliss-reactive ketones (excluding diaryl/α,β-unsaturated/α-hetero) is 2. The third-order valence-corrected chi connectivity index (χ3v) is 2.45. The summed E-state index contributed by atoms with van der Waals surface area (Å²) in [5.74, 6) is 0.479. The van der Waals surface area contributed by atoms with Crippen LogP contribution in [0, 0.1) is 5.92 Å². The van der Waals surface area contributed by atoms with Gasteiger partial charge < -0.3 is 0 Å². The molecule has 1 aromatic carbocycles. The summed E-state index contributed by atoms with van der Waals surface area (Å²) in [6, 6.07) is 8.98. The number of carbonyl (C=O) groups is 2. The van der Waals surface area contributed by atoms with Crippen LogP contribution in [0.3, 0.4) is 0 Å². The fourth-order valence-electron chi connectivity index (χ4n) is 1.44. The lowest BCUT2D eigenvalue weighted by molar-refractivity contribution is -0.118. The molecular formula is C14H18O2. The quantitative estimate of drug-likeness (QED) is 0.542. The molecule has 86 valence electrons. The van der Waals surface area contributed by atoms with Crippen molar-refractivity contribution in [2.75, 3.05) is 0 Å². The smallest absolute Gasteiger partial charge is 0.170 e. The lowest BCUT2D eigenvalue weighted by Gasteiger charge is -2.03. The summed E-state index contributed by atoms with van der Waals surface area (Å²) in [4.78, 5) is 23.2. The summed E-state index contributed by atoms with van der Waals surface area (Å²) < 4.78 is 0. The van der Waals surface area contributed by atoms with Gasteiger partial charge in [0.1, 0.15) is 5.78 Å². The van der Waals surface area contributed by atoms with Crippen molar-refractivity contribution in [3.8, 4) is 0 Å². The molecule has 16 heavy (non-hydrogen) atoms. The Morgan fingerprint density at radius 2 is 1.75 bits per heavy atom. The van der Waals surface area contributed by atoms with Gasteiger partial charge in [-0.05, 0) is 12.3 Å². The Kier molecular flexibility index (Phi) is 4.90. The fraction of sp³-hybridized carbons (Fsp3) is 0.429. The first kappa shape index (κ1) is 12.6. The van der Waals surface area contributed by atoms with Gasteiger partial charge in [0, 0.05) is 12.0 Å². The molecule has 0 aliphatic heterocycles. The number of rotatable bonds is 6. The molecule has 1 rings (SSSR count). The van der Waals surface area contributed by atoms with Gasteiger partial charge in [0.25, 0.3) is 0 Å². The van der Waals surface area contributed by atoms with E-state index in [0.29, 0.717) is 17.9 Å². The zero-order valence-corrected chi connectivity index (χ0v) is 9.90. The zero-order chi connectivity index (χ0) is 12.0. The van der Waals surface area contributed by atoms with Gasteiger partial charge in [-0.3, -0.25) is 9.59 Å². The second kappa shape index (κ2) is 6.21. The molecular weight excluding hydrogens is 200 g/mol. The van der Waals surface area contributed by atoms with Crippen molar-refractivity contribution < 1.29 is 9.59 Å². The average Bonchev–Trinajstić information content (AvgIpc) is 2.27. The van der Waals surface area contributed by atoms with Gasteiger partial charge in [0.05, 0.1) is 6.42 Å². The van der Waals surface area contributed by atoms with E-state index in [-0.39, 0.29) is 18.0 Å². The molecule has 0 amide bonds. The van der Waals surface area contributed by atoms with Crippen LogP contribution in [0.4, 0.5) is 0 Å². The third kappa shape index (κ3) is 4.39. The SMILES string of the molecule is CC(C)CCC(=O)CC(=O)c1ccccc1. The molecule has 2 heteroatoms.